The number of aromatic nitrogens is 2. The molecule has 5 heteroatoms. The van der Waals surface area contributed by atoms with Gasteiger partial charge in [-0.2, -0.15) is 5.10 Å². The molecular weight excluding hydrogens is 290 g/mol. The lowest BCUT2D eigenvalue weighted by Crippen LogP contribution is -2.21. The normalized spacial score (nSPS) is 11.1. The average molecular weight is 313 g/mol. The van der Waals surface area contributed by atoms with Crippen molar-refractivity contribution in [3.05, 3.63) is 58.4 Å². The van der Waals surface area contributed by atoms with Gasteiger partial charge in [0.2, 0.25) is 5.91 Å². The van der Waals surface area contributed by atoms with Crippen LogP contribution in [0.2, 0.25) is 0 Å². The van der Waals surface area contributed by atoms with Gasteiger partial charge in [-0.15, -0.1) is 0 Å². The lowest BCUT2D eigenvalue weighted by molar-refractivity contribution is -0.116. The van der Waals surface area contributed by atoms with Crippen LogP contribution >= 0.6 is 0 Å². The van der Waals surface area contributed by atoms with Crippen molar-refractivity contribution in [3.63, 3.8) is 0 Å². The Bertz CT molecular complexity index is 717. The van der Waals surface area contributed by atoms with Gasteiger partial charge in [0, 0.05) is 38.0 Å². The highest BCUT2D eigenvalue weighted by Crippen LogP contribution is 2.13. The third-order valence-electron chi connectivity index (χ3n) is 3.84. The largest absolute Gasteiger partial charge is 0.380 e. The molecule has 0 fully saturated rings. The van der Waals surface area contributed by atoms with Crippen LogP contribution in [-0.2, 0) is 29.7 Å². The van der Waals surface area contributed by atoms with Crippen LogP contribution in [0.25, 0.3) is 6.08 Å². The zero-order valence-corrected chi connectivity index (χ0v) is 14.1. The van der Waals surface area contributed by atoms with E-state index in [1.165, 1.54) is 0 Å². The lowest BCUT2D eigenvalue weighted by Gasteiger charge is -2.08. The van der Waals surface area contributed by atoms with Crippen LogP contribution in [0.1, 0.15) is 28.1 Å². The molecule has 0 aliphatic carbocycles. The van der Waals surface area contributed by atoms with Crippen molar-refractivity contribution in [2.75, 3.05) is 7.11 Å². The van der Waals surface area contributed by atoms with E-state index in [1.807, 2.05) is 55.9 Å². The number of hydrogen-bond acceptors (Lipinski definition) is 3. The molecule has 122 valence electrons. The number of methoxy groups -OCH3 is 1. The number of benzene rings is 1. The Kier molecular flexibility index (Phi) is 5.71. The molecule has 1 heterocycles. The van der Waals surface area contributed by atoms with Crippen molar-refractivity contribution < 1.29 is 9.53 Å². The summed E-state index contributed by atoms with van der Waals surface area (Å²) in [5, 5.41) is 7.24. The standard InChI is InChI=1S/C18H23N3O2/c1-13-17(14(2)21(3)20-13)9-10-18(22)19-11-15-7-5-6-8-16(15)12-23-4/h5-10H,11-12H2,1-4H3,(H,19,22)/b10-9+. The summed E-state index contributed by atoms with van der Waals surface area (Å²) in [6.07, 6.45) is 3.37. The first-order chi connectivity index (χ1) is 11.0. The molecule has 1 aromatic carbocycles. The van der Waals surface area contributed by atoms with Crippen LogP contribution in [0.15, 0.2) is 30.3 Å². The van der Waals surface area contributed by atoms with E-state index in [-0.39, 0.29) is 5.91 Å². The Morgan fingerprint density at radius 1 is 1.30 bits per heavy atom. The third kappa shape index (κ3) is 4.29. The number of hydrogen-bond donors (Lipinski definition) is 1. The zero-order chi connectivity index (χ0) is 16.8. The van der Waals surface area contributed by atoms with Gasteiger partial charge in [-0.3, -0.25) is 9.48 Å². The van der Waals surface area contributed by atoms with Crippen molar-refractivity contribution in [2.24, 2.45) is 7.05 Å². The SMILES string of the molecule is COCc1ccccc1CNC(=O)/C=C/c1c(C)nn(C)c1C. The Morgan fingerprint density at radius 3 is 2.61 bits per heavy atom. The van der Waals surface area contributed by atoms with E-state index in [4.69, 9.17) is 4.74 Å². The van der Waals surface area contributed by atoms with E-state index in [1.54, 1.807) is 13.2 Å². The van der Waals surface area contributed by atoms with E-state index < -0.39 is 0 Å². The molecule has 0 saturated heterocycles. The minimum absolute atomic E-state index is 0.125. The molecule has 1 N–H and O–H groups in total. The van der Waals surface area contributed by atoms with E-state index >= 15 is 0 Å². The second kappa shape index (κ2) is 7.74. The van der Waals surface area contributed by atoms with Crippen LogP contribution in [0, 0.1) is 13.8 Å². The maximum absolute atomic E-state index is 12.0. The molecule has 0 radical (unpaired) electrons. The van der Waals surface area contributed by atoms with Crippen LogP contribution < -0.4 is 5.32 Å². The van der Waals surface area contributed by atoms with Gasteiger partial charge in [0.1, 0.15) is 0 Å². The highest BCUT2D eigenvalue weighted by molar-refractivity contribution is 5.91. The second-order valence-corrected chi connectivity index (χ2v) is 5.46. The summed E-state index contributed by atoms with van der Waals surface area (Å²) in [6.45, 7) is 4.94. The van der Waals surface area contributed by atoms with E-state index in [2.05, 4.69) is 10.4 Å². The fourth-order valence-electron chi connectivity index (χ4n) is 2.46. The highest BCUT2D eigenvalue weighted by atomic mass is 16.5. The van der Waals surface area contributed by atoms with Gasteiger partial charge in [0.05, 0.1) is 12.3 Å². The molecule has 1 amide bonds. The number of nitrogens with zero attached hydrogens (tertiary/aromatic N) is 2. The first-order valence-corrected chi connectivity index (χ1v) is 7.54. The Balaban J connectivity index is 1.99. The molecule has 0 saturated carbocycles. The zero-order valence-electron chi connectivity index (χ0n) is 14.1. The molecule has 5 nitrogen and oxygen atoms in total. The van der Waals surface area contributed by atoms with Crippen molar-refractivity contribution in [1.82, 2.24) is 15.1 Å². The lowest BCUT2D eigenvalue weighted by atomic mass is 10.1. The molecule has 2 rings (SSSR count). The summed E-state index contributed by atoms with van der Waals surface area (Å²) in [7, 11) is 3.56. The second-order valence-electron chi connectivity index (χ2n) is 5.46. The summed E-state index contributed by atoms with van der Waals surface area (Å²) in [6, 6.07) is 7.92. The molecule has 0 aliphatic heterocycles. The van der Waals surface area contributed by atoms with Crippen molar-refractivity contribution >= 4 is 12.0 Å². The summed E-state index contributed by atoms with van der Waals surface area (Å²) in [5.41, 5.74) is 5.09. The summed E-state index contributed by atoms with van der Waals surface area (Å²) >= 11 is 0. The topological polar surface area (TPSA) is 56.1 Å². The number of nitrogens with one attached hydrogen (secondary N) is 1. The number of ether oxygens (including phenoxy) is 1. The van der Waals surface area contributed by atoms with Crippen LogP contribution in [-0.4, -0.2) is 22.8 Å². The molecule has 0 unspecified atom stereocenters. The van der Waals surface area contributed by atoms with Crippen molar-refractivity contribution in [2.45, 2.75) is 27.0 Å². The quantitative estimate of drug-likeness (QED) is 0.834. The molecule has 2 aromatic rings. The Hall–Kier alpha value is -2.40. The summed E-state index contributed by atoms with van der Waals surface area (Å²) in [4.78, 5) is 12.0. The molecule has 0 aliphatic rings. The monoisotopic (exact) mass is 313 g/mol. The number of rotatable bonds is 6. The van der Waals surface area contributed by atoms with Gasteiger partial charge < -0.3 is 10.1 Å². The van der Waals surface area contributed by atoms with Gasteiger partial charge >= 0.3 is 0 Å². The maximum atomic E-state index is 12.0. The maximum Gasteiger partial charge on any atom is 0.244 e. The molecule has 23 heavy (non-hydrogen) atoms. The van der Waals surface area contributed by atoms with E-state index in [9.17, 15) is 4.79 Å². The fourth-order valence-corrected chi connectivity index (χ4v) is 2.46. The number of aryl methyl sites for hydroxylation is 2. The van der Waals surface area contributed by atoms with Crippen LogP contribution in [0.3, 0.4) is 0 Å². The summed E-state index contributed by atoms with van der Waals surface area (Å²) in [5.74, 6) is -0.125. The van der Waals surface area contributed by atoms with Crippen LogP contribution in [0.4, 0.5) is 0 Å². The minimum atomic E-state index is -0.125. The predicted octanol–water partition coefficient (Wildman–Crippen LogP) is 2.51. The molecule has 0 spiro atoms. The minimum Gasteiger partial charge on any atom is -0.380 e. The van der Waals surface area contributed by atoms with E-state index in [0.29, 0.717) is 13.2 Å². The number of amides is 1. The Labute approximate surface area is 137 Å². The average Bonchev–Trinajstić information content (AvgIpc) is 2.77. The predicted molar refractivity (Wildman–Crippen MR) is 90.7 cm³/mol. The van der Waals surface area contributed by atoms with Gasteiger partial charge in [-0.25, -0.2) is 0 Å². The molecular formula is C18H23N3O2. The molecule has 0 atom stereocenters. The summed E-state index contributed by atoms with van der Waals surface area (Å²) < 4.78 is 6.99. The van der Waals surface area contributed by atoms with Gasteiger partial charge in [-0.1, -0.05) is 24.3 Å². The first kappa shape index (κ1) is 17.0. The van der Waals surface area contributed by atoms with Crippen molar-refractivity contribution in [3.8, 4) is 0 Å². The molecule has 1 aromatic heterocycles. The smallest absolute Gasteiger partial charge is 0.244 e. The van der Waals surface area contributed by atoms with E-state index in [0.717, 1.165) is 28.1 Å². The van der Waals surface area contributed by atoms with Gasteiger partial charge in [0.15, 0.2) is 0 Å². The highest BCUT2D eigenvalue weighted by Gasteiger charge is 2.07. The van der Waals surface area contributed by atoms with Crippen molar-refractivity contribution in [1.29, 1.82) is 0 Å². The van der Waals surface area contributed by atoms with Gasteiger partial charge in [-0.05, 0) is 31.1 Å². The fraction of sp³-hybridized carbons (Fsp3) is 0.333. The van der Waals surface area contributed by atoms with Crippen LogP contribution in [0.5, 0.6) is 0 Å². The first-order valence-electron chi connectivity index (χ1n) is 7.54. The Morgan fingerprint density at radius 2 is 2.00 bits per heavy atom. The molecule has 0 bridgehead atoms. The third-order valence-corrected chi connectivity index (χ3v) is 3.84. The number of carbonyl (C=O) groups is 1. The number of carbonyl (C=O) groups excluding carboxylic acids is 1. The van der Waals surface area contributed by atoms with Gasteiger partial charge in [0.25, 0.3) is 0 Å².